The predicted octanol–water partition coefficient (Wildman–Crippen LogP) is 4.23. The van der Waals surface area contributed by atoms with Crippen molar-refractivity contribution in [1.29, 1.82) is 0 Å². The summed E-state index contributed by atoms with van der Waals surface area (Å²) in [6, 6.07) is 11.6. The highest BCUT2D eigenvalue weighted by Crippen LogP contribution is 2.32. The Morgan fingerprint density at radius 2 is 2.26 bits per heavy atom. The predicted molar refractivity (Wildman–Crippen MR) is 79.0 cm³/mol. The molecule has 1 aromatic heterocycles. The van der Waals surface area contributed by atoms with E-state index in [0.717, 1.165) is 22.2 Å². The number of nitrogens with one attached hydrogen (secondary N) is 1. The molecule has 19 heavy (non-hydrogen) atoms. The molecule has 2 rings (SSSR count). The number of amides is 1. The molecule has 1 aromatic carbocycles. The van der Waals surface area contributed by atoms with Crippen LogP contribution in [0.15, 0.2) is 49.1 Å². The van der Waals surface area contributed by atoms with Crippen molar-refractivity contribution in [3.63, 3.8) is 0 Å². The molecule has 98 valence electrons. The lowest BCUT2D eigenvalue weighted by Gasteiger charge is -2.04. The Morgan fingerprint density at radius 3 is 3.00 bits per heavy atom. The number of aryl methyl sites for hydroxylation is 1. The Balaban J connectivity index is 2.06. The van der Waals surface area contributed by atoms with Crippen LogP contribution >= 0.6 is 11.3 Å². The van der Waals surface area contributed by atoms with Crippen LogP contribution in [-0.2, 0) is 11.2 Å². The zero-order valence-corrected chi connectivity index (χ0v) is 11.5. The van der Waals surface area contributed by atoms with Crippen LogP contribution < -0.4 is 10.1 Å². The number of anilines is 1. The summed E-state index contributed by atoms with van der Waals surface area (Å²) in [6.45, 7) is 5.52. The van der Waals surface area contributed by atoms with Gasteiger partial charge in [-0.05, 0) is 42.3 Å². The zero-order chi connectivity index (χ0) is 13.7. The van der Waals surface area contributed by atoms with Crippen molar-refractivity contribution >= 4 is 22.2 Å². The van der Waals surface area contributed by atoms with Crippen LogP contribution in [0, 0.1) is 0 Å². The fraction of sp³-hybridized carbons (Fsp3) is 0.133. The molecule has 0 unspecified atom stereocenters. The molecule has 0 saturated carbocycles. The SMILES string of the molecule is C=CC(=O)Nc1ccc(Oc2cccc(CC)c2)s1. The molecule has 1 heterocycles. The van der Waals surface area contributed by atoms with Crippen molar-refractivity contribution in [2.45, 2.75) is 13.3 Å². The van der Waals surface area contributed by atoms with Gasteiger partial charge in [-0.1, -0.05) is 37.0 Å². The average molecular weight is 273 g/mol. The second kappa shape index (κ2) is 6.20. The number of rotatable bonds is 5. The van der Waals surface area contributed by atoms with E-state index in [1.165, 1.54) is 23.0 Å². The summed E-state index contributed by atoms with van der Waals surface area (Å²) in [5.41, 5.74) is 1.23. The van der Waals surface area contributed by atoms with Crippen LogP contribution in [0.3, 0.4) is 0 Å². The molecule has 0 fully saturated rings. The number of hydrogen-bond acceptors (Lipinski definition) is 3. The van der Waals surface area contributed by atoms with Gasteiger partial charge in [-0.15, -0.1) is 0 Å². The van der Waals surface area contributed by atoms with Crippen LogP contribution in [0.4, 0.5) is 5.00 Å². The van der Waals surface area contributed by atoms with Crippen molar-refractivity contribution in [2.75, 3.05) is 5.32 Å². The van der Waals surface area contributed by atoms with E-state index in [4.69, 9.17) is 4.74 Å². The fourth-order valence-corrected chi connectivity index (χ4v) is 2.34. The van der Waals surface area contributed by atoms with Crippen LogP contribution in [0.1, 0.15) is 12.5 Å². The van der Waals surface area contributed by atoms with Gasteiger partial charge in [0.2, 0.25) is 5.91 Å². The number of benzene rings is 1. The largest absolute Gasteiger partial charge is 0.447 e. The third-order valence-corrected chi connectivity index (χ3v) is 3.42. The van der Waals surface area contributed by atoms with Gasteiger partial charge in [-0.2, -0.15) is 0 Å². The van der Waals surface area contributed by atoms with Gasteiger partial charge in [0.1, 0.15) is 5.75 Å². The van der Waals surface area contributed by atoms with Crippen LogP contribution in [0.25, 0.3) is 0 Å². The Kier molecular flexibility index (Phi) is 4.36. The lowest BCUT2D eigenvalue weighted by atomic mass is 10.2. The van der Waals surface area contributed by atoms with E-state index < -0.39 is 0 Å². The molecule has 0 aliphatic heterocycles. The minimum absolute atomic E-state index is 0.221. The van der Waals surface area contributed by atoms with Crippen molar-refractivity contribution < 1.29 is 9.53 Å². The summed E-state index contributed by atoms with van der Waals surface area (Å²) in [7, 11) is 0. The number of carbonyl (C=O) groups is 1. The van der Waals surface area contributed by atoms with Crippen LogP contribution in [0.2, 0.25) is 0 Å². The van der Waals surface area contributed by atoms with Gasteiger partial charge in [-0.3, -0.25) is 4.79 Å². The first kappa shape index (κ1) is 13.4. The zero-order valence-electron chi connectivity index (χ0n) is 10.7. The summed E-state index contributed by atoms with van der Waals surface area (Å²) < 4.78 is 5.76. The summed E-state index contributed by atoms with van der Waals surface area (Å²) in [5, 5.41) is 4.19. The molecule has 0 bridgehead atoms. The van der Waals surface area contributed by atoms with Crippen molar-refractivity contribution in [2.24, 2.45) is 0 Å². The van der Waals surface area contributed by atoms with Crippen LogP contribution in [0.5, 0.6) is 10.8 Å². The first-order valence-corrected chi connectivity index (χ1v) is 6.83. The molecule has 0 saturated heterocycles. The Labute approximate surface area is 116 Å². The standard InChI is InChI=1S/C15H15NO2S/c1-3-11-6-5-7-12(10-11)18-15-9-8-14(19-15)16-13(17)4-2/h4-10H,2-3H2,1H3,(H,16,17). The third-order valence-electron chi connectivity index (χ3n) is 2.54. The highest BCUT2D eigenvalue weighted by Gasteiger charge is 2.04. The van der Waals surface area contributed by atoms with Crippen LogP contribution in [-0.4, -0.2) is 5.91 Å². The first-order chi connectivity index (χ1) is 9.21. The molecule has 0 atom stereocenters. The lowest BCUT2D eigenvalue weighted by Crippen LogP contribution is -2.05. The highest BCUT2D eigenvalue weighted by molar-refractivity contribution is 7.18. The molecule has 0 aliphatic carbocycles. The lowest BCUT2D eigenvalue weighted by molar-refractivity contribution is -0.111. The van der Waals surface area contributed by atoms with E-state index in [-0.39, 0.29) is 5.91 Å². The summed E-state index contributed by atoms with van der Waals surface area (Å²) in [6.07, 6.45) is 2.22. The summed E-state index contributed by atoms with van der Waals surface area (Å²) >= 11 is 1.38. The van der Waals surface area contributed by atoms with Gasteiger partial charge in [0, 0.05) is 0 Å². The monoisotopic (exact) mass is 273 g/mol. The van der Waals surface area contributed by atoms with Crippen molar-refractivity contribution in [3.8, 4) is 10.8 Å². The molecule has 0 aliphatic rings. The van der Waals surface area contributed by atoms with E-state index in [2.05, 4.69) is 24.9 Å². The maximum atomic E-state index is 11.2. The molecule has 2 aromatic rings. The van der Waals surface area contributed by atoms with Gasteiger partial charge in [0.05, 0.1) is 5.00 Å². The number of ether oxygens (including phenoxy) is 1. The molecule has 3 nitrogen and oxygen atoms in total. The number of hydrogen-bond donors (Lipinski definition) is 1. The smallest absolute Gasteiger partial charge is 0.248 e. The van der Waals surface area contributed by atoms with E-state index in [1.807, 2.05) is 30.3 Å². The highest BCUT2D eigenvalue weighted by atomic mass is 32.1. The Morgan fingerprint density at radius 1 is 1.42 bits per heavy atom. The van der Waals surface area contributed by atoms with Crippen molar-refractivity contribution in [3.05, 3.63) is 54.6 Å². The van der Waals surface area contributed by atoms with E-state index >= 15 is 0 Å². The molecular weight excluding hydrogens is 258 g/mol. The maximum absolute atomic E-state index is 11.2. The third kappa shape index (κ3) is 3.69. The van der Waals surface area contributed by atoms with Gasteiger partial charge >= 0.3 is 0 Å². The van der Waals surface area contributed by atoms with Gasteiger partial charge in [-0.25, -0.2) is 0 Å². The molecule has 1 N–H and O–H groups in total. The van der Waals surface area contributed by atoms with E-state index in [9.17, 15) is 4.79 Å². The molecule has 1 amide bonds. The van der Waals surface area contributed by atoms with Gasteiger partial charge in [0.25, 0.3) is 0 Å². The number of carbonyl (C=O) groups excluding carboxylic acids is 1. The minimum Gasteiger partial charge on any atom is -0.447 e. The Hall–Kier alpha value is -2.07. The first-order valence-electron chi connectivity index (χ1n) is 6.01. The quantitative estimate of drug-likeness (QED) is 0.828. The van der Waals surface area contributed by atoms with Gasteiger partial charge < -0.3 is 10.1 Å². The molecule has 4 heteroatoms. The minimum atomic E-state index is -0.221. The maximum Gasteiger partial charge on any atom is 0.248 e. The normalized spacial score (nSPS) is 9.95. The number of thiophene rings is 1. The second-order valence-electron chi connectivity index (χ2n) is 3.92. The summed E-state index contributed by atoms with van der Waals surface area (Å²) in [5.74, 6) is 0.587. The topological polar surface area (TPSA) is 38.3 Å². The molecule has 0 spiro atoms. The summed E-state index contributed by atoms with van der Waals surface area (Å²) in [4.78, 5) is 11.2. The second-order valence-corrected chi connectivity index (χ2v) is 4.96. The Bertz CT molecular complexity index is 589. The molecular formula is C15H15NO2S. The fourth-order valence-electron chi connectivity index (χ4n) is 1.56. The van der Waals surface area contributed by atoms with E-state index in [1.54, 1.807) is 0 Å². The molecule has 0 radical (unpaired) electrons. The van der Waals surface area contributed by atoms with E-state index in [0.29, 0.717) is 0 Å². The van der Waals surface area contributed by atoms with Gasteiger partial charge in [0.15, 0.2) is 5.06 Å². The van der Waals surface area contributed by atoms with Crippen molar-refractivity contribution in [1.82, 2.24) is 0 Å². The average Bonchev–Trinajstić information content (AvgIpc) is 2.86.